The summed E-state index contributed by atoms with van der Waals surface area (Å²) < 4.78 is 25.1. The molecule has 0 radical (unpaired) electrons. The van der Waals surface area contributed by atoms with Crippen molar-refractivity contribution in [2.45, 2.75) is 11.8 Å². The second-order valence-electron chi connectivity index (χ2n) is 1.81. The molecule has 56 valence electrons. The first-order valence-corrected chi connectivity index (χ1v) is 4.84. The summed E-state index contributed by atoms with van der Waals surface area (Å²) >= 11 is 1.08. The van der Waals surface area contributed by atoms with Crippen molar-refractivity contribution in [2.75, 3.05) is 0 Å². The first kappa shape index (κ1) is 7.64. The molecule has 0 aliphatic heterocycles. The van der Waals surface area contributed by atoms with Gasteiger partial charge in [0.2, 0.25) is 10.0 Å². The second kappa shape index (κ2) is 2.30. The number of aryl methyl sites for hydroxylation is 1. The summed E-state index contributed by atoms with van der Waals surface area (Å²) in [5.74, 6) is 0. The van der Waals surface area contributed by atoms with Crippen molar-refractivity contribution >= 4 is 21.6 Å². The molecule has 0 bridgehead atoms. The number of sulfonamides is 1. The Bertz CT molecular complexity index is 327. The molecular weight excluding hydrogens is 172 g/mol. The van der Waals surface area contributed by atoms with E-state index in [-0.39, 0.29) is 4.90 Å². The Balaban J connectivity index is 3.32. The maximum atomic E-state index is 10.7. The number of aromatic nitrogens is 1. The fourth-order valence-corrected chi connectivity index (χ4v) is 2.31. The third-order valence-electron chi connectivity index (χ3n) is 1.01. The smallest absolute Gasteiger partial charge is 0.225 e. The van der Waals surface area contributed by atoms with Gasteiger partial charge in [0.15, 0.2) is 0 Å². The summed E-state index contributed by atoms with van der Waals surface area (Å²) in [5.41, 5.74) is 0.465. The molecular formula is C4H6N2O2S2. The number of nitrogens with two attached hydrogens (primary N) is 1. The van der Waals surface area contributed by atoms with Gasteiger partial charge in [-0.05, 0) is 18.5 Å². The Morgan fingerprint density at radius 2 is 2.30 bits per heavy atom. The molecule has 0 aliphatic carbocycles. The van der Waals surface area contributed by atoms with Gasteiger partial charge in [0.1, 0.15) is 4.90 Å². The summed E-state index contributed by atoms with van der Waals surface area (Å²) in [6.07, 6.45) is 0. The summed E-state index contributed by atoms with van der Waals surface area (Å²) in [4.78, 5) is 0.123. The molecule has 1 rings (SSSR count). The Morgan fingerprint density at radius 1 is 1.70 bits per heavy atom. The van der Waals surface area contributed by atoms with Gasteiger partial charge in [0.25, 0.3) is 0 Å². The van der Waals surface area contributed by atoms with E-state index in [0.717, 1.165) is 11.5 Å². The van der Waals surface area contributed by atoms with E-state index < -0.39 is 10.0 Å². The average molecular weight is 178 g/mol. The van der Waals surface area contributed by atoms with Crippen LogP contribution in [0.1, 0.15) is 5.69 Å². The predicted octanol–water partition coefficient (Wildman–Crippen LogP) is 0.0989. The van der Waals surface area contributed by atoms with Crippen LogP contribution in [0.25, 0.3) is 0 Å². The topological polar surface area (TPSA) is 73.0 Å². The van der Waals surface area contributed by atoms with Gasteiger partial charge >= 0.3 is 0 Å². The normalized spacial score (nSPS) is 11.8. The van der Waals surface area contributed by atoms with Crippen molar-refractivity contribution in [3.8, 4) is 0 Å². The van der Waals surface area contributed by atoms with E-state index in [2.05, 4.69) is 4.37 Å². The molecule has 0 unspecified atom stereocenters. The third kappa shape index (κ3) is 1.34. The van der Waals surface area contributed by atoms with Crippen molar-refractivity contribution in [1.82, 2.24) is 4.37 Å². The van der Waals surface area contributed by atoms with Crippen LogP contribution in [0.5, 0.6) is 0 Å². The zero-order chi connectivity index (χ0) is 7.78. The molecule has 0 fully saturated rings. The van der Waals surface area contributed by atoms with E-state index in [9.17, 15) is 8.42 Å². The van der Waals surface area contributed by atoms with Crippen LogP contribution in [0.4, 0.5) is 0 Å². The number of rotatable bonds is 1. The Kier molecular flexibility index (Phi) is 1.76. The van der Waals surface area contributed by atoms with Gasteiger partial charge in [-0.2, -0.15) is 4.37 Å². The lowest BCUT2D eigenvalue weighted by atomic mass is 10.5. The number of hydrogen-bond acceptors (Lipinski definition) is 4. The van der Waals surface area contributed by atoms with Crippen molar-refractivity contribution in [3.05, 3.63) is 11.1 Å². The molecule has 10 heavy (non-hydrogen) atoms. The van der Waals surface area contributed by atoms with Gasteiger partial charge in [0.05, 0.1) is 5.69 Å². The molecule has 0 aromatic carbocycles. The number of primary sulfonamides is 1. The van der Waals surface area contributed by atoms with Crippen molar-refractivity contribution in [3.63, 3.8) is 0 Å². The van der Waals surface area contributed by atoms with Gasteiger partial charge < -0.3 is 0 Å². The highest BCUT2D eigenvalue weighted by atomic mass is 32.2. The Morgan fingerprint density at radius 3 is 2.50 bits per heavy atom. The van der Waals surface area contributed by atoms with Gasteiger partial charge in [-0.15, -0.1) is 0 Å². The minimum Gasteiger partial charge on any atom is -0.225 e. The van der Waals surface area contributed by atoms with Crippen LogP contribution < -0.4 is 5.14 Å². The second-order valence-corrected chi connectivity index (χ2v) is 3.97. The SMILES string of the molecule is Cc1nscc1S(N)(=O)=O. The Labute approximate surface area is 62.9 Å². The maximum absolute atomic E-state index is 10.7. The van der Waals surface area contributed by atoms with Crippen LogP contribution in [0, 0.1) is 6.92 Å². The van der Waals surface area contributed by atoms with Crippen LogP contribution in [0.2, 0.25) is 0 Å². The first-order chi connectivity index (χ1) is 4.52. The monoisotopic (exact) mass is 178 g/mol. The zero-order valence-electron chi connectivity index (χ0n) is 5.23. The molecule has 1 heterocycles. The summed E-state index contributed by atoms with van der Waals surface area (Å²) in [5, 5.41) is 6.26. The molecule has 4 nitrogen and oxygen atoms in total. The summed E-state index contributed by atoms with van der Waals surface area (Å²) in [6.45, 7) is 1.61. The highest BCUT2D eigenvalue weighted by Gasteiger charge is 2.12. The molecule has 0 atom stereocenters. The van der Waals surface area contributed by atoms with Crippen molar-refractivity contribution < 1.29 is 8.42 Å². The number of nitrogens with zero attached hydrogens (tertiary/aromatic N) is 1. The summed E-state index contributed by atoms with van der Waals surface area (Å²) in [7, 11) is -3.54. The highest BCUT2D eigenvalue weighted by Crippen LogP contribution is 2.13. The number of hydrogen-bond donors (Lipinski definition) is 1. The molecule has 0 saturated carbocycles. The van der Waals surface area contributed by atoms with Crippen LogP contribution >= 0.6 is 11.5 Å². The standard InChI is InChI=1S/C4H6N2O2S2/c1-3-4(2-9-6-3)10(5,7)8/h2H,1H3,(H2,5,7,8). The van der Waals surface area contributed by atoms with Gasteiger partial charge in [0, 0.05) is 5.38 Å². The van der Waals surface area contributed by atoms with E-state index in [4.69, 9.17) is 5.14 Å². The molecule has 1 aromatic heterocycles. The predicted molar refractivity (Wildman–Crippen MR) is 38.2 cm³/mol. The van der Waals surface area contributed by atoms with Crippen LogP contribution in [0.15, 0.2) is 10.3 Å². The largest absolute Gasteiger partial charge is 0.240 e. The van der Waals surface area contributed by atoms with Crippen LogP contribution in [-0.2, 0) is 10.0 Å². The Hall–Kier alpha value is -0.460. The fourth-order valence-electron chi connectivity index (χ4n) is 0.556. The van der Waals surface area contributed by atoms with Crippen molar-refractivity contribution in [2.24, 2.45) is 5.14 Å². The minimum atomic E-state index is -3.54. The fraction of sp³-hybridized carbons (Fsp3) is 0.250. The molecule has 2 N–H and O–H groups in total. The molecule has 6 heteroatoms. The molecule has 0 aliphatic rings. The lowest BCUT2D eigenvalue weighted by Gasteiger charge is -1.90. The van der Waals surface area contributed by atoms with E-state index in [1.165, 1.54) is 5.38 Å². The lowest BCUT2D eigenvalue weighted by Crippen LogP contribution is -2.12. The molecule has 1 aromatic rings. The third-order valence-corrected chi connectivity index (χ3v) is 2.91. The van der Waals surface area contributed by atoms with Gasteiger partial charge in [-0.3, -0.25) is 0 Å². The van der Waals surface area contributed by atoms with E-state index in [1.807, 2.05) is 0 Å². The van der Waals surface area contributed by atoms with Gasteiger partial charge in [-0.1, -0.05) is 0 Å². The maximum Gasteiger partial charge on any atom is 0.240 e. The first-order valence-electron chi connectivity index (χ1n) is 2.45. The molecule has 0 spiro atoms. The van der Waals surface area contributed by atoms with E-state index in [1.54, 1.807) is 6.92 Å². The minimum absolute atomic E-state index is 0.123. The summed E-state index contributed by atoms with van der Waals surface area (Å²) in [6, 6.07) is 0. The van der Waals surface area contributed by atoms with Crippen LogP contribution in [0.3, 0.4) is 0 Å². The van der Waals surface area contributed by atoms with Gasteiger partial charge in [-0.25, -0.2) is 13.6 Å². The average Bonchev–Trinajstić information content (AvgIpc) is 2.11. The van der Waals surface area contributed by atoms with E-state index >= 15 is 0 Å². The molecule has 0 saturated heterocycles. The lowest BCUT2D eigenvalue weighted by molar-refractivity contribution is 0.597. The quantitative estimate of drug-likeness (QED) is 0.662. The zero-order valence-corrected chi connectivity index (χ0v) is 6.87. The van der Waals surface area contributed by atoms with Crippen LogP contribution in [-0.4, -0.2) is 12.8 Å². The van der Waals surface area contributed by atoms with E-state index in [0.29, 0.717) is 5.69 Å². The molecule has 0 amide bonds. The highest BCUT2D eigenvalue weighted by molar-refractivity contribution is 7.89. The van der Waals surface area contributed by atoms with Crippen molar-refractivity contribution in [1.29, 1.82) is 0 Å².